The molecule has 156 valence electrons. The molecule has 2 N–H and O–H groups in total. The third kappa shape index (κ3) is 6.02. The van der Waals surface area contributed by atoms with Crippen LogP contribution < -0.4 is 5.32 Å². The highest BCUT2D eigenvalue weighted by molar-refractivity contribution is 5.76. The molecule has 30 heavy (non-hydrogen) atoms. The van der Waals surface area contributed by atoms with Crippen LogP contribution in [0.25, 0.3) is 0 Å². The third-order valence-corrected chi connectivity index (χ3v) is 5.11. The molecule has 0 aromatic heterocycles. The van der Waals surface area contributed by atoms with Gasteiger partial charge in [-0.3, -0.25) is 10.1 Å². The lowest BCUT2D eigenvalue weighted by molar-refractivity contribution is -0.149. The summed E-state index contributed by atoms with van der Waals surface area (Å²) in [5.41, 5.74) is 3.17. The zero-order valence-corrected chi connectivity index (χ0v) is 17.3. The van der Waals surface area contributed by atoms with Crippen molar-refractivity contribution in [3.05, 3.63) is 108 Å². The first-order valence-electron chi connectivity index (χ1n) is 10.4. The number of aliphatic hydroxyl groups excluding tert-OH is 1. The summed E-state index contributed by atoms with van der Waals surface area (Å²) in [5, 5.41) is 14.3. The monoisotopic (exact) mass is 403 g/mol. The predicted molar refractivity (Wildman–Crippen MR) is 119 cm³/mol. The fraction of sp³-hybridized carbons (Fsp3) is 0.269. The topological polar surface area (TPSA) is 58.6 Å². The van der Waals surface area contributed by atoms with Crippen LogP contribution in [0.2, 0.25) is 0 Å². The van der Waals surface area contributed by atoms with Crippen LogP contribution in [0, 0.1) is 0 Å². The van der Waals surface area contributed by atoms with Crippen molar-refractivity contribution in [1.29, 1.82) is 0 Å². The Kier molecular flexibility index (Phi) is 8.19. The van der Waals surface area contributed by atoms with Crippen molar-refractivity contribution < 1.29 is 14.6 Å². The van der Waals surface area contributed by atoms with Crippen LogP contribution in [0.15, 0.2) is 91.0 Å². The van der Waals surface area contributed by atoms with Crippen molar-refractivity contribution in [2.24, 2.45) is 0 Å². The summed E-state index contributed by atoms with van der Waals surface area (Å²) < 4.78 is 5.29. The van der Waals surface area contributed by atoms with Gasteiger partial charge in [-0.05, 0) is 36.5 Å². The van der Waals surface area contributed by atoms with Crippen LogP contribution in [0.5, 0.6) is 0 Å². The van der Waals surface area contributed by atoms with E-state index in [4.69, 9.17) is 4.74 Å². The van der Waals surface area contributed by atoms with Crippen molar-refractivity contribution >= 4 is 5.97 Å². The minimum Gasteiger partial charge on any atom is -0.465 e. The van der Waals surface area contributed by atoms with Crippen LogP contribution in [0.4, 0.5) is 0 Å². The molecule has 3 aromatic carbocycles. The van der Waals surface area contributed by atoms with Crippen molar-refractivity contribution in [1.82, 2.24) is 5.32 Å². The Morgan fingerprint density at radius 3 is 1.87 bits per heavy atom. The van der Waals surface area contributed by atoms with E-state index >= 15 is 0 Å². The second kappa shape index (κ2) is 11.3. The number of benzene rings is 3. The maximum Gasteiger partial charge on any atom is 0.325 e. The van der Waals surface area contributed by atoms with E-state index in [1.807, 2.05) is 91.0 Å². The first-order valence-corrected chi connectivity index (χ1v) is 10.4. The molecule has 0 aliphatic carbocycles. The van der Waals surface area contributed by atoms with Gasteiger partial charge in [-0.15, -0.1) is 0 Å². The number of esters is 1. The van der Waals surface area contributed by atoms with Gasteiger partial charge in [-0.25, -0.2) is 0 Å². The molecule has 3 aromatic rings. The van der Waals surface area contributed by atoms with Crippen LogP contribution in [-0.2, 0) is 16.0 Å². The highest BCUT2D eigenvalue weighted by Crippen LogP contribution is 2.24. The lowest BCUT2D eigenvalue weighted by Gasteiger charge is -2.28. The number of hydrogen-bond donors (Lipinski definition) is 2. The van der Waals surface area contributed by atoms with Gasteiger partial charge in [0.1, 0.15) is 6.04 Å². The average molecular weight is 404 g/mol. The van der Waals surface area contributed by atoms with E-state index in [0.29, 0.717) is 12.8 Å². The molecule has 4 nitrogen and oxygen atoms in total. The van der Waals surface area contributed by atoms with Gasteiger partial charge in [0.2, 0.25) is 0 Å². The Morgan fingerprint density at radius 2 is 1.37 bits per heavy atom. The molecule has 0 radical (unpaired) electrons. The number of hydrogen-bond acceptors (Lipinski definition) is 4. The molecule has 0 fully saturated rings. The molecule has 3 rings (SSSR count). The van der Waals surface area contributed by atoms with Crippen molar-refractivity contribution in [3.8, 4) is 0 Å². The smallest absolute Gasteiger partial charge is 0.325 e. The zero-order chi connectivity index (χ0) is 21.2. The standard InChI is InChI=1S/C26H29NO3/c1-2-30-26(29)25(23(28)19-18-20-12-6-3-7-13-20)27-24(21-14-8-4-9-15-21)22-16-10-5-11-17-22/h3-17,23-25,27-28H,2,18-19H2,1H3/t23-,25+/m0/s1. The summed E-state index contributed by atoms with van der Waals surface area (Å²) in [5.74, 6) is -0.435. The molecule has 0 saturated heterocycles. The molecule has 0 spiro atoms. The Labute approximate surface area is 178 Å². The van der Waals surface area contributed by atoms with Gasteiger partial charge in [-0.1, -0.05) is 91.0 Å². The molecule has 0 amide bonds. The molecule has 0 aliphatic rings. The lowest BCUT2D eigenvalue weighted by atomic mass is 9.95. The Bertz CT molecular complexity index is 844. The summed E-state index contributed by atoms with van der Waals surface area (Å²) in [6.07, 6.45) is 0.261. The number of carbonyl (C=O) groups excluding carboxylic acids is 1. The van der Waals surface area contributed by atoms with Crippen LogP contribution in [0.3, 0.4) is 0 Å². The van der Waals surface area contributed by atoms with Crippen LogP contribution >= 0.6 is 0 Å². The van der Waals surface area contributed by atoms with E-state index in [-0.39, 0.29) is 12.6 Å². The number of rotatable bonds is 10. The Hall–Kier alpha value is -2.95. The molecule has 2 atom stereocenters. The average Bonchev–Trinajstić information content (AvgIpc) is 2.80. The SMILES string of the molecule is CCOC(=O)[C@H](NC(c1ccccc1)c1ccccc1)[C@@H](O)CCc1ccccc1. The Morgan fingerprint density at radius 1 is 0.867 bits per heavy atom. The van der Waals surface area contributed by atoms with E-state index in [9.17, 15) is 9.90 Å². The third-order valence-electron chi connectivity index (χ3n) is 5.11. The number of aliphatic hydroxyl groups is 1. The van der Waals surface area contributed by atoms with Crippen molar-refractivity contribution in [2.75, 3.05) is 6.61 Å². The first kappa shape index (κ1) is 21.8. The lowest BCUT2D eigenvalue weighted by Crippen LogP contribution is -2.48. The van der Waals surface area contributed by atoms with E-state index in [2.05, 4.69) is 5.32 Å². The summed E-state index contributed by atoms with van der Waals surface area (Å²) in [6.45, 7) is 2.04. The highest BCUT2D eigenvalue weighted by Gasteiger charge is 2.31. The number of ether oxygens (including phenoxy) is 1. The fourth-order valence-corrected chi connectivity index (χ4v) is 3.55. The second-order valence-electron chi connectivity index (χ2n) is 7.24. The van der Waals surface area contributed by atoms with E-state index in [1.54, 1.807) is 6.92 Å². The maximum atomic E-state index is 12.7. The zero-order valence-electron chi connectivity index (χ0n) is 17.3. The molecule has 0 aliphatic heterocycles. The fourth-order valence-electron chi connectivity index (χ4n) is 3.55. The normalized spacial score (nSPS) is 13.0. The highest BCUT2D eigenvalue weighted by atomic mass is 16.5. The number of carbonyl (C=O) groups is 1. The largest absolute Gasteiger partial charge is 0.465 e. The molecular formula is C26H29NO3. The Balaban J connectivity index is 1.82. The molecule has 0 saturated carbocycles. The van der Waals surface area contributed by atoms with E-state index < -0.39 is 18.1 Å². The molecule has 0 heterocycles. The summed E-state index contributed by atoms with van der Waals surface area (Å²) in [6, 6.07) is 28.8. The molecular weight excluding hydrogens is 374 g/mol. The van der Waals surface area contributed by atoms with Gasteiger partial charge in [0.25, 0.3) is 0 Å². The van der Waals surface area contributed by atoms with E-state index in [0.717, 1.165) is 16.7 Å². The van der Waals surface area contributed by atoms with Gasteiger partial charge in [0.05, 0.1) is 18.8 Å². The van der Waals surface area contributed by atoms with Crippen LogP contribution in [-0.4, -0.2) is 29.8 Å². The van der Waals surface area contributed by atoms with Gasteiger partial charge >= 0.3 is 5.97 Å². The van der Waals surface area contributed by atoms with Crippen molar-refractivity contribution in [3.63, 3.8) is 0 Å². The first-order chi connectivity index (χ1) is 14.7. The van der Waals surface area contributed by atoms with Gasteiger partial charge < -0.3 is 9.84 Å². The number of aryl methyl sites for hydroxylation is 1. The quantitative estimate of drug-likeness (QED) is 0.496. The summed E-state index contributed by atoms with van der Waals surface area (Å²) in [7, 11) is 0. The molecule has 0 bridgehead atoms. The maximum absolute atomic E-state index is 12.7. The van der Waals surface area contributed by atoms with E-state index in [1.165, 1.54) is 0 Å². The van der Waals surface area contributed by atoms with Crippen molar-refractivity contribution in [2.45, 2.75) is 38.0 Å². The van der Waals surface area contributed by atoms with Gasteiger partial charge in [-0.2, -0.15) is 0 Å². The minimum absolute atomic E-state index is 0.242. The molecule has 0 unspecified atom stereocenters. The predicted octanol–water partition coefficient (Wildman–Crippen LogP) is 4.29. The van der Waals surface area contributed by atoms with Gasteiger partial charge in [0, 0.05) is 0 Å². The summed E-state index contributed by atoms with van der Waals surface area (Å²) in [4.78, 5) is 12.7. The van der Waals surface area contributed by atoms with Crippen LogP contribution in [0.1, 0.15) is 36.1 Å². The minimum atomic E-state index is -0.876. The molecule has 4 heteroatoms. The van der Waals surface area contributed by atoms with Gasteiger partial charge in [0.15, 0.2) is 0 Å². The number of nitrogens with one attached hydrogen (secondary N) is 1. The second-order valence-corrected chi connectivity index (χ2v) is 7.24. The summed E-state index contributed by atoms with van der Waals surface area (Å²) >= 11 is 0.